The van der Waals surface area contributed by atoms with Gasteiger partial charge in [-0.3, -0.25) is 4.79 Å². The van der Waals surface area contributed by atoms with Crippen molar-refractivity contribution in [1.29, 1.82) is 0 Å². The summed E-state index contributed by atoms with van der Waals surface area (Å²) >= 11 is 0. The minimum absolute atomic E-state index is 0.00679. The van der Waals surface area contributed by atoms with E-state index in [1.165, 1.54) is 6.20 Å². The molecule has 1 amide bonds. The number of hydrogen-bond acceptors (Lipinski definition) is 6. The summed E-state index contributed by atoms with van der Waals surface area (Å²) in [4.78, 5) is 12.0. The van der Waals surface area contributed by atoms with E-state index in [0.717, 1.165) is 32.1 Å². The molecule has 1 aliphatic carbocycles. The van der Waals surface area contributed by atoms with Crippen LogP contribution in [-0.4, -0.2) is 48.3 Å². The Morgan fingerprint density at radius 3 is 2.68 bits per heavy atom. The van der Waals surface area contributed by atoms with Crippen LogP contribution < -0.4 is 4.72 Å². The van der Waals surface area contributed by atoms with Gasteiger partial charge < -0.3 is 4.74 Å². The van der Waals surface area contributed by atoms with Crippen molar-refractivity contribution in [3.63, 3.8) is 0 Å². The number of aromatic nitrogens is 3. The maximum atomic E-state index is 12.0. The Balaban J connectivity index is 1.61. The van der Waals surface area contributed by atoms with Crippen LogP contribution in [0.4, 0.5) is 0 Å². The molecule has 0 bridgehead atoms. The van der Waals surface area contributed by atoms with Crippen molar-refractivity contribution in [3.05, 3.63) is 11.9 Å². The molecule has 8 nitrogen and oxygen atoms in total. The lowest BCUT2D eigenvalue weighted by molar-refractivity contribution is 0.0657. The van der Waals surface area contributed by atoms with Crippen LogP contribution in [0.25, 0.3) is 0 Å². The SMILES string of the molecule is O=C(NS(=O)(=O)CC1CCC1)c1cn(C2CCOCC2)nn1. The van der Waals surface area contributed by atoms with Crippen LogP contribution >= 0.6 is 0 Å². The van der Waals surface area contributed by atoms with Gasteiger partial charge in [0.15, 0.2) is 5.69 Å². The molecule has 0 unspecified atom stereocenters. The molecule has 0 atom stereocenters. The molecule has 1 aliphatic heterocycles. The highest BCUT2D eigenvalue weighted by Crippen LogP contribution is 2.27. The molecule has 1 N–H and O–H groups in total. The predicted molar refractivity (Wildman–Crippen MR) is 77.7 cm³/mol. The lowest BCUT2D eigenvalue weighted by Gasteiger charge is -2.24. The van der Waals surface area contributed by atoms with Crippen molar-refractivity contribution in [2.75, 3.05) is 19.0 Å². The molecule has 3 rings (SSSR count). The van der Waals surface area contributed by atoms with Crippen LogP contribution in [0.2, 0.25) is 0 Å². The summed E-state index contributed by atoms with van der Waals surface area (Å²) in [5.74, 6) is -0.534. The van der Waals surface area contributed by atoms with Gasteiger partial charge in [0.2, 0.25) is 10.0 Å². The van der Waals surface area contributed by atoms with Gasteiger partial charge in [-0.15, -0.1) is 5.10 Å². The molecule has 2 aliphatic rings. The molecule has 9 heteroatoms. The first-order valence-corrected chi connectivity index (χ1v) is 9.23. The fraction of sp³-hybridized carbons (Fsp3) is 0.769. The van der Waals surface area contributed by atoms with Crippen LogP contribution in [0.5, 0.6) is 0 Å². The number of nitrogens with zero attached hydrogens (tertiary/aromatic N) is 3. The molecule has 1 aromatic heterocycles. The summed E-state index contributed by atoms with van der Waals surface area (Å²) in [6.07, 6.45) is 6.01. The predicted octanol–water partition coefficient (Wildman–Crippen LogP) is 0.489. The second-order valence-corrected chi connectivity index (χ2v) is 7.70. The minimum Gasteiger partial charge on any atom is -0.381 e. The van der Waals surface area contributed by atoms with E-state index in [1.54, 1.807) is 4.68 Å². The van der Waals surface area contributed by atoms with Crippen LogP contribution in [-0.2, 0) is 14.8 Å². The number of amides is 1. The summed E-state index contributed by atoms with van der Waals surface area (Å²) in [6, 6.07) is 0.148. The molecule has 122 valence electrons. The summed E-state index contributed by atoms with van der Waals surface area (Å²) in [5, 5.41) is 7.72. The third kappa shape index (κ3) is 3.64. The van der Waals surface area contributed by atoms with E-state index in [2.05, 4.69) is 15.0 Å². The minimum atomic E-state index is -3.60. The zero-order valence-electron chi connectivity index (χ0n) is 12.3. The van der Waals surface area contributed by atoms with Gasteiger partial charge in [-0.2, -0.15) is 0 Å². The largest absolute Gasteiger partial charge is 0.381 e. The first-order chi connectivity index (χ1) is 10.5. The van der Waals surface area contributed by atoms with Crippen LogP contribution in [0.1, 0.15) is 48.6 Å². The Morgan fingerprint density at radius 2 is 2.05 bits per heavy atom. The lowest BCUT2D eigenvalue weighted by Crippen LogP contribution is -2.36. The van der Waals surface area contributed by atoms with Gasteiger partial charge in [-0.25, -0.2) is 17.8 Å². The molecule has 1 saturated heterocycles. The normalized spacial score (nSPS) is 20.5. The zero-order valence-corrected chi connectivity index (χ0v) is 13.1. The number of sulfonamides is 1. The third-order valence-corrected chi connectivity index (χ3v) is 5.64. The number of carbonyl (C=O) groups excluding carboxylic acids is 1. The van der Waals surface area contributed by atoms with Crippen LogP contribution in [0.15, 0.2) is 6.20 Å². The Morgan fingerprint density at radius 1 is 1.32 bits per heavy atom. The first-order valence-electron chi connectivity index (χ1n) is 7.58. The van der Waals surface area contributed by atoms with E-state index >= 15 is 0 Å². The monoisotopic (exact) mass is 328 g/mol. The fourth-order valence-corrected chi connectivity index (χ4v) is 4.14. The fourth-order valence-electron chi connectivity index (χ4n) is 2.71. The molecular weight excluding hydrogens is 308 g/mol. The molecule has 0 aromatic carbocycles. The second kappa shape index (κ2) is 6.33. The lowest BCUT2D eigenvalue weighted by atomic mass is 9.87. The van der Waals surface area contributed by atoms with Crippen molar-refractivity contribution >= 4 is 15.9 Å². The number of nitrogens with one attached hydrogen (secondary N) is 1. The Kier molecular flexibility index (Phi) is 4.44. The highest BCUT2D eigenvalue weighted by Gasteiger charge is 2.27. The van der Waals surface area contributed by atoms with Crippen LogP contribution in [0.3, 0.4) is 0 Å². The molecule has 2 fully saturated rings. The van der Waals surface area contributed by atoms with E-state index in [1.807, 2.05) is 0 Å². The smallest absolute Gasteiger partial charge is 0.286 e. The summed E-state index contributed by atoms with van der Waals surface area (Å²) in [5.41, 5.74) is 0.0312. The van der Waals surface area contributed by atoms with Crippen molar-refractivity contribution in [2.45, 2.75) is 38.1 Å². The van der Waals surface area contributed by atoms with Gasteiger partial charge >= 0.3 is 0 Å². The van der Waals surface area contributed by atoms with E-state index in [0.29, 0.717) is 13.2 Å². The molecule has 22 heavy (non-hydrogen) atoms. The maximum Gasteiger partial charge on any atom is 0.286 e. The third-order valence-electron chi connectivity index (χ3n) is 4.24. The highest BCUT2D eigenvalue weighted by atomic mass is 32.2. The summed E-state index contributed by atoms with van der Waals surface area (Å²) in [7, 11) is -3.60. The topological polar surface area (TPSA) is 103 Å². The highest BCUT2D eigenvalue weighted by molar-refractivity contribution is 7.90. The average Bonchev–Trinajstić information content (AvgIpc) is 2.94. The molecule has 2 heterocycles. The summed E-state index contributed by atoms with van der Waals surface area (Å²) < 4.78 is 32.8. The van der Waals surface area contributed by atoms with Gasteiger partial charge in [0.25, 0.3) is 5.91 Å². The Hall–Kier alpha value is -1.48. The maximum absolute atomic E-state index is 12.0. The van der Waals surface area contributed by atoms with E-state index in [4.69, 9.17) is 4.74 Å². The van der Waals surface area contributed by atoms with Crippen molar-refractivity contribution in [3.8, 4) is 0 Å². The van der Waals surface area contributed by atoms with E-state index < -0.39 is 15.9 Å². The van der Waals surface area contributed by atoms with Gasteiger partial charge in [-0.05, 0) is 31.6 Å². The standard InChI is InChI=1S/C13H20N4O4S/c18-13(15-22(19,20)9-10-2-1-3-10)12-8-17(16-14-12)11-4-6-21-7-5-11/h8,10-11H,1-7,9H2,(H,15,18). The summed E-state index contributed by atoms with van der Waals surface area (Å²) in [6.45, 7) is 1.31. The van der Waals surface area contributed by atoms with Crippen molar-refractivity contribution in [2.24, 2.45) is 5.92 Å². The Labute approximate surface area is 129 Å². The van der Waals surface area contributed by atoms with Gasteiger partial charge in [-0.1, -0.05) is 11.6 Å². The van der Waals surface area contributed by atoms with Gasteiger partial charge in [0.1, 0.15) is 0 Å². The van der Waals surface area contributed by atoms with Crippen molar-refractivity contribution in [1.82, 2.24) is 19.7 Å². The molecule has 0 radical (unpaired) electrons. The quantitative estimate of drug-likeness (QED) is 0.844. The number of ether oxygens (including phenoxy) is 1. The van der Waals surface area contributed by atoms with Gasteiger partial charge in [0, 0.05) is 13.2 Å². The first kappa shape index (κ1) is 15.4. The number of hydrogen-bond donors (Lipinski definition) is 1. The number of carbonyl (C=O) groups is 1. The zero-order chi connectivity index (χ0) is 15.6. The van der Waals surface area contributed by atoms with E-state index in [-0.39, 0.29) is 23.4 Å². The van der Waals surface area contributed by atoms with Gasteiger partial charge in [0.05, 0.1) is 18.0 Å². The van der Waals surface area contributed by atoms with Crippen molar-refractivity contribution < 1.29 is 17.9 Å². The van der Waals surface area contributed by atoms with E-state index in [9.17, 15) is 13.2 Å². The molecular formula is C13H20N4O4S. The second-order valence-electron chi connectivity index (χ2n) is 5.94. The number of rotatable bonds is 5. The Bertz CT molecular complexity index is 632. The molecule has 1 aromatic rings. The average molecular weight is 328 g/mol. The molecule has 1 saturated carbocycles. The molecule has 0 spiro atoms. The van der Waals surface area contributed by atoms with Crippen LogP contribution in [0, 0.1) is 5.92 Å².